The van der Waals surface area contributed by atoms with Crippen LogP contribution in [0.15, 0.2) is 17.0 Å². The number of aromatic hydroxyl groups is 1. The van der Waals surface area contributed by atoms with E-state index in [1.54, 1.807) is 0 Å². The Balaban J connectivity index is 3.37. The number of carbonyl (C=O) groups is 1. The van der Waals surface area contributed by atoms with Gasteiger partial charge in [-0.15, -0.1) is 0 Å². The lowest BCUT2D eigenvalue weighted by atomic mass is 9.79. The maximum Gasteiger partial charge on any atom is 0.329 e. The van der Waals surface area contributed by atoms with Gasteiger partial charge in [-0.3, -0.25) is 0 Å². The van der Waals surface area contributed by atoms with Gasteiger partial charge in [-0.1, -0.05) is 60.2 Å². The van der Waals surface area contributed by atoms with Gasteiger partial charge in [0.1, 0.15) is 17.3 Å². The summed E-state index contributed by atoms with van der Waals surface area (Å²) >= 11 is 1.51. The summed E-state index contributed by atoms with van der Waals surface area (Å²) in [6.07, 6.45) is 0.668. The lowest BCUT2D eigenvalue weighted by Gasteiger charge is -2.31. The monoisotopic (exact) mass is 368 g/mol. The summed E-state index contributed by atoms with van der Waals surface area (Å²) in [7, 11) is 0. The molecular weight excluding hydrogens is 336 g/mol. The van der Waals surface area contributed by atoms with E-state index in [0.29, 0.717) is 12.2 Å². The van der Waals surface area contributed by atoms with Crippen LogP contribution in [0.25, 0.3) is 0 Å². The van der Waals surface area contributed by atoms with E-state index in [-0.39, 0.29) is 17.4 Å². The molecule has 25 heavy (non-hydrogen) atoms. The number of rotatable bonds is 6. The standard InChI is InChI=1S/C20H32O4S/c1-9-20(8,24-12-16(21)22)25-13-10-14(18(2,3)4)17(23)15(11-13)19(5,6)7/h10-11,23H,9,12H2,1-8H3,(H,21,22)/t20-/m1/s1. The number of aliphatic carboxylic acids is 1. The highest BCUT2D eigenvalue weighted by atomic mass is 32.2. The molecule has 0 aliphatic heterocycles. The van der Waals surface area contributed by atoms with Crippen molar-refractivity contribution in [3.63, 3.8) is 0 Å². The van der Waals surface area contributed by atoms with Crippen LogP contribution in [-0.2, 0) is 20.4 Å². The number of benzene rings is 1. The van der Waals surface area contributed by atoms with E-state index in [0.717, 1.165) is 16.0 Å². The van der Waals surface area contributed by atoms with Crippen LogP contribution in [0.3, 0.4) is 0 Å². The molecule has 0 bridgehead atoms. The number of phenols is 1. The third-order valence-corrected chi connectivity index (χ3v) is 5.49. The van der Waals surface area contributed by atoms with E-state index in [9.17, 15) is 9.90 Å². The molecule has 1 rings (SSSR count). The maximum atomic E-state index is 10.9. The Morgan fingerprint density at radius 2 is 1.48 bits per heavy atom. The van der Waals surface area contributed by atoms with E-state index < -0.39 is 10.9 Å². The summed E-state index contributed by atoms with van der Waals surface area (Å²) in [4.78, 5) is 11.2. The molecule has 0 saturated carbocycles. The molecule has 0 fully saturated rings. The Morgan fingerprint density at radius 1 is 1.04 bits per heavy atom. The van der Waals surface area contributed by atoms with Crippen molar-refractivity contribution in [3.8, 4) is 5.75 Å². The van der Waals surface area contributed by atoms with Crippen LogP contribution in [0.5, 0.6) is 5.75 Å². The molecule has 0 aliphatic rings. The lowest BCUT2D eigenvalue weighted by molar-refractivity contribution is -0.145. The minimum atomic E-state index is -0.975. The third-order valence-electron chi connectivity index (χ3n) is 4.18. The van der Waals surface area contributed by atoms with E-state index in [4.69, 9.17) is 9.84 Å². The Hall–Kier alpha value is -1.20. The summed E-state index contributed by atoms with van der Waals surface area (Å²) in [5.74, 6) is -0.634. The molecular formula is C20H32O4S. The smallest absolute Gasteiger partial charge is 0.329 e. The zero-order valence-electron chi connectivity index (χ0n) is 16.7. The molecule has 0 unspecified atom stereocenters. The van der Waals surface area contributed by atoms with Crippen LogP contribution in [0.2, 0.25) is 0 Å². The van der Waals surface area contributed by atoms with Gasteiger partial charge in [0, 0.05) is 16.0 Å². The number of thioether (sulfide) groups is 1. The fourth-order valence-corrected chi connectivity index (χ4v) is 3.59. The molecule has 0 aliphatic carbocycles. The molecule has 0 amide bonds. The second-order valence-electron chi connectivity index (χ2n) is 8.64. The minimum absolute atomic E-state index is 0.203. The van der Waals surface area contributed by atoms with Crippen LogP contribution in [0, 0.1) is 0 Å². The fourth-order valence-electron chi connectivity index (χ4n) is 2.48. The molecule has 142 valence electrons. The number of hydrogen-bond donors (Lipinski definition) is 2. The Kier molecular flexibility index (Phi) is 6.63. The Morgan fingerprint density at radius 3 is 1.80 bits per heavy atom. The molecule has 0 spiro atoms. The first-order valence-corrected chi connectivity index (χ1v) is 9.44. The molecule has 4 nitrogen and oxygen atoms in total. The first kappa shape index (κ1) is 21.8. The molecule has 2 N–H and O–H groups in total. The molecule has 1 aromatic carbocycles. The molecule has 1 aromatic rings. The van der Waals surface area contributed by atoms with E-state index in [1.165, 1.54) is 11.8 Å². The van der Waals surface area contributed by atoms with Gasteiger partial charge < -0.3 is 14.9 Å². The zero-order chi connectivity index (χ0) is 19.6. The highest BCUT2D eigenvalue weighted by Gasteiger charge is 2.30. The van der Waals surface area contributed by atoms with Crippen molar-refractivity contribution in [2.24, 2.45) is 0 Å². The van der Waals surface area contributed by atoms with Crippen molar-refractivity contribution in [2.75, 3.05) is 6.61 Å². The fraction of sp³-hybridized carbons (Fsp3) is 0.650. The SMILES string of the molecule is CC[C@](C)(OCC(=O)O)Sc1cc(C(C)(C)C)c(O)c(C(C)(C)C)c1. The summed E-state index contributed by atoms with van der Waals surface area (Å²) in [6.45, 7) is 16.0. The van der Waals surface area contributed by atoms with Gasteiger partial charge in [0.05, 0.1) is 0 Å². The first-order valence-electron chi connectivity index (χ1n) is 8.62. The van der Waals surface area contributed by atoms with Crippen LogP contribution in [-0.4, -0.2) is 27.7 Å². The predicted molar refractivity (Wildman–Crippen MR) is 104 cm³/mol. The summed E-state index contributed by atoms with van der Waals surface area (Å²) in [6, 6.07) is 3.99. The highest BCUT2D eigenvalue weighted by molar-refractivity contribution is 8.00. The van der Waals surface area contributed by atoms with Gasteiger partial charge in [-0.2, -0.15) is 0 Å². The normalized spacial score (nSPS) is 15.0. The van der Waals surface area contributed by atoms with Gasteiger partial charge >= 0.3 is 5.97 Å². The average molecular weight is 369 g/mol. The predicted octanol–water partition coefficient (Wildman–Crippen LogP) is 5.31. The largest absolute Gasteiger partial charge is 0.507 e. The van der Waals surface area contributed by atoms with Crippen molar-refractivity contribution < 1.29 is 19.7 Å². The van der Waals surface area contributed by atoms with Crippen LogP contribution in [0.1, 0.15) is 72.9 Å². The lowest BCUT2D eigenvalue weighted by Crippen LogP contribution is -2.27. The summed E-state index contributed by atoms with van der Waals surface area (Å²) in [5, 5.41) is 19.7. The van der Waals surface area contributed by atoms with Gasteiger partial charge in [0.25, 0.3) is 0 Å². The quantitative estimate of drug-likeness (QED) is 0.526. The molecule has 1 atom stereocenters. The van der Waals surface area contributed by atoms with Crippen LogP contribution < -0.4 is 0 Å². The Labute approximate surface area is 156 Å². The third kappa shape index (κ3) is 5.93. The molecule has 0 aromatic heterocycles. The first-order chi connectivity index (χ1) is 11.2. The van der Waals surface area contributed by atoms with Crippen LogP contribution in [0.4, 0.5) is 0 Å². The van der Waals surface area contributed by atoms with Crippen molar-refractivity contribution in [1.29, 1.82) is 0 Å². The van der Waals surface area contributed by atoms with E-state index >= 15 is 0 Å². The number of carboxylic acid groups (broad SMARTS) is 1. The van der Waals surface area contributed by atoms with Crippen LogP contribution >= 0.6 is 11.8 Å². The average Bonchev–Trinajstić information content (AvgIpc) is 2.44. The van der Waals surface area contributed by atoms with Gasteiger partial charge in [0.15, 0.2) is 0 Å². The maximum absolute atomic E-state index is 10.9. The number of hydrogen-bond acceptors (Lipinski definition) is 4. The molecule has 5 heteroatoms. The van der Waals surface area contributed by atoms with Gasteiger partial charge in [0.2, 0.25) is 0 Å². The number of phenolic OH excluding ortho intramolecular Hbond substituents is 1. The Bertz CT molecular complexity index is 591. The second-order valence-corrected chi connectivity index (χ2v) is 10.2. The number of carboxylic acids is 1. The van der Waals surface area contributed by atoms with Gasteiger partial charge in [-0.25, -0.2) is 4.79 Å². The zero-order valence-corrected chi connectivity index (χ0v) is 17.5. The van der Waals surface area contributed by atoms with Gasteiger partial charge in [-0.05, 0) is 36.3 Å². The minimum Gasteiger partial charge on any atom is -0.507 e. The summed E-state index contributed by atoms with van der Waals surface area (Å²) in [5.41, 5.74) is 1.37. The van der Waals surface area contributed by atoms with Crippen molar-refractivity contribution >= 4 is 17.7 Å². The molecule has 0 saturated heterocycles. The number of ether oxygens (including phenoxy) is 1. The van der Waals surface area contributed by atoms with Crippen molar-refractivity contribution in [3.05, 3.63) is 23.3 Å². The second kappa shape index (κ2) is 7.58. The van der Waals surface area contributed by atoms with E-state index in [2.05, 4.69) is 41.5 Å². The topological polar surface area (TPSA) is 66.8 Å². The highest BCUT2D eigenvalue weighted by Crippen LogP contribution is 2.45. The van der Waals surface area contributed by atoms with Crippen molar-refractivity contribution in [1.82, 2.24) is 0 Å². The molecule has 0 radical (unpaired) electrons. The van der Waals surface area contributed by atoms with E-state index in [1.807, 2.05) is 26.0 Å². The molecule has 0 heterocycles. The van der Waals surface area contributed by atoms with Crippen molar-refractivity contribution in [2.45, 2.75) is 82.5 Å². The summed E-state index contributed by atoms with van der Waals surface area (Å²) < 4.78 is 5.63.